The third-order valence-corrected chi connectivity index (χ3v) is 6.80. The predicted molar refractivity (Wildman–Crippen MR) is 124 cm³/mol. The van der Waals surface area contributed by atoms with Crippen LogP contribution in [0, 0.1) is 5.92 Å². The Morgan fingerprint density at radius 2 is 1.97 bits per heavy atom. The second-order valence-electron chi connectivity index (χ2n) is 8.49. The molecule has 0 unspecified atom stereocenters. The van der Waals surface area contributed by atoms with Crippen LogP contribution in [-0.2, 0) is 21.2 Å². The minimum atomic E-state index is -3.43. The van der Waals surface area contributed by atoms with Gasteiger partial charge in [-0.25, -0.2) is 8.42 Å². The Hall–Kier alpha value is -3.07. The van der Waals surface area contributed by atoms with Gasteiger partial charge in [0.1, 0.15) is 9.84 Å². The van der Waals surface area contributed by atoms with Gasteiger partial charge in [-0.15, -0.1) is 0 Å². The second kappa shape index (κ2) is 9.05. The molecule has 0 aromatic heterocycles. The Morgan fingerprint density at radius 1 is 1.21 bits per heavy atom. The maximum Gasteiger partial charge on any atom is 0.257 e. The van der Waals surface area contributed by atoms with E-state index in [-0.39, 0.29) is 30.0 Å². The van der Waals surface area contributed by atoms with Crippen LogP contribution in [0.4, 0.5) is 5.69 Å². The summed E-state index contributed by atoms with van der Waals surface area (Å²) >= 11 is 0. The Bertz CT molecular complexity index is 1190. The molecule has 1 heterocycles. The first-order valence-corrected chi connectivity index (χ1v) is 13.0. The highest BCUT2D eigenvalue weighted by molar-refractivity contribution is 7.90. The summed E-state index contributed by atoms with van der Waals surface area (Å²) in [5, 5.41) is 2.88. The van der Waals surface area contributed by atoms with Crippen molar-refractivity contribution >= 4 is 27.3 Å². The normalized spacial score (nSPS) is 16.3. The molecule has 0 radical (unpaired) electrons. The summed E-state index contributed by atoms with van der Waals surface area (Å²) in [5.74, 6) is 0.382. The number of rotatable bonds is 9. The Labute approximate surface area is 193 Å². The number of amides is 2. The number of nitrogens with one attached hydrogen (secondary N) is 1. The lowest BCUT2D eigenvalue weighted by Gasteiger charge is -2.28. The number of carbonyl (C=O) groups excluding carboxylic acids is 2. The Kier molecular flexibility index (Phi) is 6.34. The van der Waals surface area contributed by atoms with Crippen molar-refractivity contribution in [3.63, 3.8) is 0 Å². The Morgan fingerprint density at radius 3 is 2.61 bits per heavy atom. The lowest BCUT2D eigenvalue weighted by molar-refractivity contribution is -0.117. The largest absolute Gasteiger partial charge is 0.493 e. The molecule has 8 nitrogen and oxygen atoms in total. The molecule has 0 bridgehead atoms. The lowest BCUT2D eigenvalue weighted by Crippen LogP contribution is -2.34. The summed E-state index contributed by atoms with van der Waals surface area (Å²) in [7, 11) is -1.90. The third-order valence-electron chi connectivity index (χ3n) is 5.88. The summed E-state index contributed by atoms with van der Waals surface area (Å²) in [5.41, 5.74) is 2.28. The lowest BCUT2D eigenvalue weighted by atomic mass is 10.1. The number of fused-ring (bicyclic) bond motifs is 1. The van der Waals surface area contributed by atoms with Gasteiger partial charge in [0.2, 0.25) is 5.91 Å². The summed E-state index contributed by atoms with van der Waals surface area (Å²) in [6, 6.07) is 9.81. The second-order valence-corrected chi connectivity index (χ2v) is 10.7. The van der Waals surface area contributed by atoms with Crippen LogP contribution in [0.3, 0.4) is 0 Å². The standard InChI is InChI=1S/C24H28N2O6S/c1-4-32-21-12-16(10-11-20(21)31-2)19(14-33(3,29)30)26-13-17-6-5-7-18(22(17)24(26)28)25-23(27)15-8-9-15/h5-7,10-12,15,19H,4,8-9,13-14H2,1-3H3,(H,25,27)/t19-/m1/s1/i26+1. The highest BCUT2D eigenvalue weighted by atomic mass is 32.2. The summed E-state index contributed by atoms with van der Waals surface area (Å²) in [6.07, 6.45) is 2.87. The number of hydrogen-bond acceptors (Lipinski definition) is 6. The molecule has 1 atom stereocenters. The molecule has 1 aliphatic heterocycles. The molecule has 2 aromatic carbocycles. The zero-order chi connectivity index (χ0) is 23.8. The van der Waals surface area contributed by atoms with Crippen molar-refractivity contribution in [1.82, 2.24) is 4.90 Å². The van der Waals surface area contributed by atoms with Crippen LogP contribution in [0.15, 0.2) is 36.4 Å². The van der Waals surface area contributed by atoms with E-state index in [2.05, 4.69) is 5.32 Å². The summed E-state index contributed by atoms with van der Waals surface area (Å²) in [6.45, 7) is 2.50. The van der Waals surface area contributed by atoms with Crippen LogP contribution < -0.4 is 14.8 Å². The van der Waals surface area contributed by atoms with Gasteiger partial charge in [-0.3, -0.25) is 9.59 Å². The van der Waals surface area contributed by atoms with E-state index in [0.29, 0.717) is 34.9 Å². The van der Waals surface area contributed by atoms with Gasteiger partial charge >= 0.3 is 0 Å². The molecule has 2 amide bonds. The van der Waals surface area contributed by atoms with Crippen molar-refractivity contribution in [3.05, 3.63) is 53.1 Å². The van der Waals surface area contributed by atoms with Gasteiger partial charge < -0.3 is 19.7 Å². The van der Waals surface area contributed by atoms with Crippen LogP contribution >= 0.6 is 0 Å². The first-order chi connectivity index (χ1) is 15.7. The van der Waals surface area contributed by atoms with Crippen LogP contribution in [-0.4, -0.2) is 50.9 Å². The van der Waals surface area contributed by atoms with Crippen molar-refractivity contribution in [2.24, 2.45) is 5.92 Å². The number of benzene rings is 2. The molecule has 2 aromatic rings. The highest BCUT2D eigenvalue weighted by Gasteiger charge is 2.38. The molecule has 0 spiro atoms. The topological polar surface area (TPSA) is 102 Å². The third kappa shape index (κ3) is 4.98. The van der Waals surface area contributed by atoms with Crippen molar-refractivity contribution in [1.29, 1.82) is 0 Å². The molecule has 4 rings (SSSR count). The molecule has 1 aliphatic carbocycles. The van der Waals surface area contributed by atoms with E-state index >= 15 is 0 Å². The van der Waals surface area contributed by atoms with Crippen molar-refractivity contribution in [2.75, 3.05) is 31.0 Å². The molecule has 0 saturated heterocycles. The van der Waals surface area contributed by atoms with Crippen molar-refractivity contribution in [3.8, 4) is 11.5 Å². The van der Waals surface area contributed by atoms with Crippen LogP contribution in [0.2, 0.25) is 0 Å². The minimum Gasteiger partial charge on any atom is -0.493 e. The SMILES string of the molecule is CCOc1cc([C@@H](CS(C)(=O)=O)[15N]2Cc3cccc(NC(=O)C4CC4)c3C2=O)ccc1OC. The first-order valence-electron chi connectivity index (χ1n) is 10.9. The number of nitrogens with zero attached hydrogens (tertiary/aromatic N) is 1. The molecular weight excluding hydrogens is 445 g/mol. The maximum absolute atomic E-state index is 13.5. The maximum atomic E-state index is 13.5. The molecule has 176 valence electrons. The zero-order valence-electron chi connectivity index (χ0n) is 19.0. The van der Waals surface area contributed by atoms with E-state index in [9.17, 15) is 18.0 Å². The number of carbonyl (C=O) groups is 2. The molecule has 1 fully saturated rings. The van der Waals surface area contributed by atoms with Crippen molar-refractivity contribution in [2.45, 2.75) is 32.4 Å². The first kappa shape index (κ1) is 23.1. The van der Waals surface area contributed by atoms with Crippen LogP contribution in [0.1, 0.15) is 47.3 Å². The van der Waals surface area contributed by atoms with Gasteiger partial charge in [-0.05, 0) is 49.1 Å². The van der Waals surface area contributed by atoms with E-state index in [1.165, 1.54) is 7.11 Å². The van der Waals surface area contributed by atoms with Gasteiger partial charge in [0.15, 0.2) is 11.5 Å². The molecule has 33 heavy (non-hydrogen) atoms. The minimum absolute atomic E-state index is 0.00253. The zero-order valence-corrected chi connectivity index (χ0v) is 19.8. The fourth-order valence-electron chi connectivity index (χ4n) is 4.14. The van der Waals surface area contributed by atoms with Gasteiger partial charge in [0, 0.05) is 18.7 Å². The number of sulfone groups is 1. The number of hydrogen-bond donors (Lipinski definition) is 1. The van der Waals surface area contributed by atoms with E-state index in [1.54, 1.807) is 35.2 Å². The predicted octanol–water partition coefficient (Wildman–Crippen LogP) is 3.18. The highest BCUT2D eigenvalue weighted by Crippen LogP contribution is 2.39. The fourth-order valence-corrected chi connectivity index (χ4v) is 5.09. The summed E-state index contributed by atoms with van der Waals surface area (Å²) < 4.78 is 35.7. The van der Waals surface area contributed by atoms with E-state index in [0.717, 1.165) is 24.7 Å². The average Bonchev–Trinajstić information content (AvgIpc) is 3.56. The van der Waals surface area contributed by atoms with Crippen molar-refractivity contribution < 1.29 is 27.5 Å². The van der Waals surface area contributed by atoms with E-state index in [1.807, 2.05) is 13.0 Å². The number of methoxy groups -OCH3 is 1. The molecule has 9 heteroatoms. The fraction of sp³-hybridized carbons (Fsp3) is 0.417. The van der Waals surface area contributed by atoms with Gasteiger partial charge in [-0.2, -0.15) is 0 Å². The monoisotopic (exact) mass is 473 g/mol. The van der Waals surface area contributed by atoms with Gasteiger partial charge in [-0.1, -0.05) is 18.2 Å². The molecule has 2 aliphatic rings. The van der Waals surface area contributed by atoms with E-state index in [4.69, 9.17) is 9.47 Å². The molecular formula is C24H28N2O6S. The van der Waals surface area contributed by atoms with Gasteiger partial charge in [0.05, 0.1) is 36.8 Å². The van der Waals surface area contributed by atoms with Gasteiger partial charge in [0.25, 0.3) is 5.91 Å². The smallest absolute Gasteiger partial charge is 0.257 e. The molecule has 1 N–H and O–H groups in total. The number of anilines is 1. The van der Waals surface area contributed by atoms with E-state index < -0.39 is 15.9 Å². The van der Waals surface area contributed by atoms with Crippen LogP contribution in [0.5, 0.6) is 11.5 Å². The molecule has 1 saturated carbocycles. The number of ether oxygens (including phenoxy) is 2. The Balaban J connectivity index is 1.70. The summed E-state index contributed by atoms with van der Waals surface area (Å²) in [4.78, 5) is 27.4. The average molecular weight is 474 g/mol. The van der Waals surface area contributed by atoms with Crippen LogP contribution in [0.25, 0.3) is 0 Å². The quantitative estimate of drug-likeness (QED) is 0.561.